The van der Waals surface area contributed by atoms with E-state index in [2.05, 4.69) is 4.74 Å². The van der Waals surface area contributed by atoms with E-state index in [1.807, 2.05) is 0 Å². The zero-order chi connectivity index (χ0) is 15.2. The molecule has 0 aliphatic heterocycles. The second-order valence-corrected chi connectivity index (χ2v) is 6.88. The predicted molar refractivity (Wildman–Crippen MR) is 83.0 cm³/mol. The van der Waals surface area contributed by atoms with Gasteiger partial charge < -0.3 is 14.9 Å². The Morgan fingerprint density at radius 1 is 0.636 bits per heavy atom. The Morgan fingerprint density at radius 2 is 0.864 bits per heavy atom. The van der Waals surface area contributed by atoms with Gasteiger partial charge in [0.15, 0.2) is 0 Å². The summed E-state index contributed by atoms with van der Waals surface area (Å²) in [4.78, 5) is 18.4. The first-order valence-electron chi connectivity index (χ1n) is 8.16. The average molecular weight is 326 g/mol. The predicted octanol–water partition coefficient (Wildman–Crippen LogP) is 4.37. The zero-order valence-corrected chi connectivity index (χ0v) is 14.0. The van der Waals surface area contributed by atoms with E-state index in [0.717, 1.165) is 0 Å². The van der Waals surface area contributed by atoms with Crippen molar-refractivity contribution in [2.24, 2.45) is 23.7 Å². The van der Waals surface area contributed by atoms with Crippen LogP contribution in [0.2, 0.25) is 0 Å². The summed E-state index contributed by atoms with van der Waals surface area (Å²) in [6.45, 7) is 0. The summed E-state index contributed by atoms with van der Waals surface area (Å²) < 4.78 is 3.08. The first kappa shape index (κ1) is 19.0. The summed E-state index contributed by atoms with van der Waals surface area (Å²) in [7, 11) is 0. The quantitative estimate of drug-likeness (QED) is 0.392. The molecule has 5 nitrogen and oxygen atoms in total. The number of fused-ring (bicyclic) bond motifs is 4. The molecule has 4 radical (unpaired) electrons. The van der Waals surface area contributed by atoms with Gasteiger partial charge in [-0.25, -0.2) is 9.59 Å². The molecule has 0 unspecified atom stereocenters. The van der Waals surface area contributed by atoms with E-state index in [-0.39, 0.29) is 11.0 Å². The molecule has 0 spiro atoms. The first-order valence-corrected chi connectivity index (χ1v) is 8.16. The monoisotopic (exact) mass is 326 g/mol. The van der Waals surface area contributed by atoms with Crippen LogP contribution < -0.4 is 0 Å². The van der Waals surface area contributed by atoms with Crippen LogP contribution >= 0.6 is 0 Å². The molecule has 0 atom stereocenters. The van der Waals surface area contributed by atoms with E-state index in [0.29, 0.717) is 0 Å². The van der Waals surface area contributed by atoms with Gasteiger partial charge in [0.05, 0.1) is 0 Å². The minimum absolute atomic E-state index is 0. The third-order valence-corrected chi connectivity index (χ3v) is 5.44. The summed E-state index contributed by atoms with van der Waals surface area (Å²) in [5, 5.41) is 15.0. The van der Waals surface area contributed by atoms with Crippen LogP contribution in [0.3, 0.4) is 0 Å². The minimum atomic E-state index is -1.81. The Hall–Kier alpha value is -1.04. The second kappa shape index (κ2) is 9.18. The van der Waals surface area contributed by atoms with E-state index in [1.54, 1.807) is 64.2 Å². The molecule has 0 heterocycles. The van der Waals surface area contributed by atoms with E-state index in [1.165, 1.54) is 23.7 Å². The number of carbonyl (C=O) groups is 2. The maximum Gasteiger partial charge on any atom is 0.516 e. The molecule has 4 aliphatic rings. The van der Waals surface area contributed by atoms with Gasteiger partial charge in [0.25, 0.3) is 0 Å². The van der Waals surface area contributed by atoms with Crippen molar-refractivity contribution in [1.82, 2.24) is 0 Å². The molecule has 4 aliphatic carbocycles. The summed E-state index contributed by atoms with van der Waals surface area (Å²) in [5.74, 6) is 4.69. The smallest absolute Gasteiger partial charge is 0.449 e. The van der Waals surface area contributed by atoms with Crippen LogP contribution in [0.1, 0.15) is 64.2 Å². The molecule has 0 aromatic heterocycles. The third-order valence-electron chi connectivity index (χ3n) is 5.44. The van der Waals surface area contributed by atoms with Gasteiger partial charge in [0.1, 0.15) is 0 Å². The molecule has 4 fully saturated rings. The molecule has 4 bridgehead atoms. The fraction of sp³-hybridized carbons (Fsp3) is 0.875. The van der Waals surface area contributed by atoms with Crippen molar-refractivity contribution in [3.63, 3.8) is 0 Å². The highest BCUT2D eigenvalue weighted by Crippen LogP contribution is 2.44. The molecule has 0 amide bonds. The zero-order valence-electron chi connectivity index (χ0n) is 13.0. The molecule has 4 saturated carbocycles. The van der Waals surface area contributed by atoms with Gasteiger partial charge in [-0.1, -0.05) is 51.4 Å². The Morgan fingerprint density at radius 3 is 0.909 bits per heavy atom. The van der Waals surface area contributed by atoms with Gasteiger partial charge in [-0.15, -0.1) is 0 Å². The van der Waals surface area contributed by atoms with Gasteiger partial charge in [0, 0.05) is 11.0 Å². The maximum absolute atomic E-state index is 9.21. The van der Waals surface area contributed by atoms with Gasteiger partial charge in [-0.3, -0.25) is 0 Å². The van der Waals surface area contributed by atoms with Crippen LogP contribution in [0.15, 0.2) is 0 Å². The second-order valence-electron chi connectivity index (χ2n) is 6.88. The van der Waals surface area contributed by atoms with Crippen molar-refractivity contribution in [3.8, 4) is 0 Å². The van der Waals surface area contributed by atoms with Gasteiger partial charge >= 0.3 is 12.3 Å². The lowest BCUT2D eigenvalue weighted by molar-refractivity contribution is 0.0802. The standard InChI is InChI=1S/2C7H12.C2H2O5.Si/c2*1-2-7-4-3-6(1)5-7;3-1(4)7-2(5)6;/h2*6-7H,1-5H2;(H,3,4)(H,5,6);. The minimum Gasteiger partial charge on any atom is -0.449 e. The Bertz CT molecular complexity index is 304. The highest BCUT2D eigenvalue weighted by molar-refractivity contribution is 5.75. The lowest BCUT2D eigenvalue weighted by atomic mass is 10.0. The topological polar surface area (TPSA) is 83.8 Å². The largest absolute Gasteiger partial charge is 0.516 e. The van der Waals surface area contributed by atoms with Crippen molar-refractivity contribution in [3.05, 3.63) is 0 Å². The van der Waals surface area contributed by atoms with Crippen LogP contribution in [0.25, 0.3) is 0 Å². The average Bonchev–Trinajstić information content (AvgIpc) is 3.21. The van der Waals surface area contributed by atoms with Gasteiger partial charge in [0.2, 0.25) is 0 Å². The number of carboxylic acid groups (broad SMARTS) is 2. The molecular formula is C16H26O5Si. The highest BCUT2D eigenvalue weighted by atomic mass is 28.1. The van der Waals surface area contributed by atoms with Crippen molar-refractivity contribution in [2.75, 3.05) is 0 Å². The molecular weight excluding hydrogens is 300 g/mol. The summed E-state index contributed by atoms with van der Waals surface area (Å²) in [6.07, 6.45) is 12.0. The van der Waals surface area contributed by atoms with E-state index < -0.39 is 12.3 Å². The van der Waals surface area contributed by atoms with E-state index in [4.69, 9.17) is 10.2 Å². The number of hydrogen-bond acceptors (Lipinski definition) is 3. The summed E-state index contributed by atoms with van der Waals surface area (Å²) in [6, 6.07) is 0. The van der Waals surface area contributed by atoms with Crippen molar-refractivity contribution >= 4 is 23.3 Å². The van der Waals surface area contributed by atoms with Crippen LogP contribution in [0, 0.1) is 23.7 Å². The number of rotatable bonds is 0. The fourth-order valence-electron chi connectivity index (χ4n) is 4.42. The fourth-order valence-corrected chi connectivity index (χ4v) is 4.42. The van der Waals surface area contributed by atoms with Crippen LogP contribution in [0.5, 0.6) is 0 Å². The Labute approximate surface area is 136 Å². The van der Waals surface area contributed by atoms with E-state index in [9.17, 15) is 9.59 Å². The Kier molecular flexibility index (Phi) is 7.93. The number of ether oxygens (including phenoxy) is 1. The molecule has 22 heavy (non-hydrogen) atoms. The molecule has 6 heteroatoms. The normalized spacial score (nSPS) is 32.9. The highest BCUT2D eigenvalue weighted by Gasteiger charge is 2.31. The van der Waals surface area contributed by atoms with Crippen molar-refractivity contribution in [1.29, 1.82) is 0 Å². The molecule has 124 valence electrons. The number of hydrogen-bond donors (Lipinski definition) is 2. The van der Waals surface area contributed by atoms with Crippen LogP contribution in [0.4, 0.5) is 9.59 Å². The molecule has 0 saturated heterocycles. The first-order chi connectivity index (χ1) is 10.0. The van der Waals surface area contributed by atoms with Crippen LogP contribution in [-0.2, 0) is 4.74 Å². The van der Waals surface area contributed by atoms with Crippen LogP contribution in [-0.4, -0.2) is 33.5 Å². The SMILES string of the molecule is C1CC2CCC1C2.C1CC2CCC1C2.O=C(O)OC(=O)O.[Si]. The third kappa shape index (κ3) is 6.38. The van der Waals surface area contributed by atoms with Gasteiger partial charge in [-0.05, 0) is 36.5 Å². The van der Waals surface area contributed by atoms with E-state index >= 15 is 0 Å². The van der Waals surface area contributed by atoms with Crippen molar-refractivity contribution in [2.45, 2.75) is 64.2 Å². The van der Waals surface area contributed by atoms with Crippen molar-refractivity contribution < 1.29 is 24.5 Å². The maximum atomic E-state index is 9.21. The summed E-state index contributed by atoms with van der Waals surface area (Å²) >= 11 is 0. The molecule has 0 aromatic rings. The van der Waals surface area contributed by atoms with Gasteiger partial charge in [-0.2, -0.15) is 0 Å². The Balaban J connectivity index is 0.000000161. The lowest BCUT2D eigenvalue weighted by Gasteiger charge is -2.05. The lowest BCUT2D eigenvalue weighted by Crippen LogP contribution is -2.05. The summed E-state index contributed by atoms with van der Waals surface area (Å²) in [5.41, 5.74) is 0. The molecule has 4 rings (SSSR count). The molecule has 0 aromatic carbocycles. The molecule has 2 N–H and O–H groups in total.